The predicted octanol–water partition coefficient (Wildman–Crippen LogP) is 4.00. The van der Waals surface area contributed by atoms with Gasteiger partial charge in [-0.3, -0.25) is 4.90 Å². The van der Waals surface area contributed by atoms with Crippen LogP contribution in [0.25, 0.3) is 0 Å². The van der Waals surface area contributed by atoms with Crippen LogP contribution in [0.4, 0.5) is 0 Å². The number of rotatable bonds is 2. The monoisotopic (exact) mass is 267 g/mol. The van der Waals surface area contributed by atoms with Gasteiger partial charge in [-0.2, -0.15) is 0 Å². The van der Waals surface area contributed by atoms with E-state index in [-0.39, 0.29) is 0 Å². The standard InChI is InChI=1S/C13H18BrN/c1-2-15-9-4-3-8-13(15)11-6-5-7-12(14)10-11/h5-7,10,13H,2-4,8-9H2,1H3. The third-order valence-corrected chi connectivity index (χ3v) is 3.75. The van der Waals surface area contributed by atoms with E-state index in [9.17, 15) is 0 Å². The molecular formula is C13H18BrN. The Hall–Kier alpha value is -0.340. The SMILES string of the molecule is CCN1CCCCC1c1cccc(Br)c1. The highest BCUT2D eigenvalue weighted by atomic mass is 79.9. The number of hydrogen-bond donors (Lipinski definition) is 0. The number of nitrogens with zero attached hydrogens (tertiary/aromatic N) is 1. The Morgan fingerprint density at radius 3 is 3.00 bits per heavy atom. The second-order valence-electron chi connectivity index (χ2n) is 4.20. The van der Waals surface area contributed by atoms with E-state index < -0.39 is 0 Å². The third kappa shape index (κ3) is 2.61. The summed E-state index contributed by atoms with van der Waals surface area (Å²) >= 11 is 3.55. The Kier molecular flexibility index (Phi) is 3.81. The molecule has 1 aliphatic heterocycles. The summed E-state index contributed by atoms with van der Waals surface area (Å²) in [6.45, 7) is 4.68. The van der Waals surface area contributed by atoms with Gasteiger partial charge in [-0.25, -0.2) is 0 Å². The Morgan fingerprint density at radius 2 is 2.27 bits per heavy atom. The van der Waals surface area contributed by atoms with Gasteiger partial charge in [-0.05, 0) is 43.6 Å². The van der Waals surface area contributed by atoms with E-state index in [1.54, 1.807) is 0 Å². The maximum absolute atomic E-state index is 3.55. The Bertz CT molecular complexity index is 324. The molecule has 0 bridgehead atoms. The Balaban J connectivity index is 2.20. The van der Waals surface area contributed by atoms with Crippen molar-refractivity contribution in [1.82, 2.24) is 4.90 Å². The summed E-state index contributed by atoms with van der Waals surface area (Å²) in [4.78, 5) is 2.59. The zero-order valence-corrected chi connectivity index (χ0v) is 10.8. The fourth-order valence-corrected chi connectivity index (χ4v) is 2.88. The maximum Gasteiger partial charge on any atom is 0.0348 e. The van der Waals surface area contributed by atoms with Gasteiger partial charge in [0.1, 0.15) is 0 Å². The summed E-state index contributed by atoms with van der Waals surface area (Å²) in [6, 6.07) is 9.40. The molecule has 1 unspecified atom stereocenters. The van der Waals surface area contributed by atoms with Crippen molar-refractivity contribution in [2.75, 3.05) is 13.1 Å². The van der Waals surface area contributed by atoms with Gasteiger partial charge < -0.3 is 0 Å². The van der Waals surface area contributed by atoms with E-state index in [0.29, 0.717) is 6.04 Å². The fraction of sp³-hybridized carbons (Fsp3) is 0.538. The van der Waals surface area contributed by atoms with Crippen molar-refractivity contribution < 1.29 is 0 Å². The van der Waals surface area contributed by atoms with E-state index in [1.165, 1.54) is 35.8 Å². The molecule has 1 aliphatic rings. The minimum atomic E-state index is 0.640. The van der Waals surface area contributed by atoms with Gasteiger partial charge >= 0.3 is 0 Å². The van der Waals surface area contributed by atoms with Gasteiger partial charge in [0.15, 0.2) is 0 Å². The second-order valence-corrected chi connectivity index (χ2v) is 5.11. The summed E-state index contributed by atoms with van der Waals surface area (Å²) in [5.41, 5.74) is 1.46. The zero-order chi connectivity index (χ0) is 10.7. The molecular weight excluding hydrogens is 250 g/mol. The minimum Gasteiger partial charge on any atom is -0.297 e. The lowest BCUT2D eigenvalue weighted by molar-refractivity contribution is 0.157. The summed E-state index contributed by atoms with van der Waals surface area (Å²) in [7, 11) is 0. The van der Waals surface area contributed by atoms with Gasteiger partial charge in [0.05, 0.1) is 0 Å². The van der Waals surface area contributed by atoms with Crippen LogP contribution in [0.1, 0.15) is 37.8 Å². The average molecular weight is 268 g/mol. The highest BCUT2D eigenvalue weighted by Crippen LogP contribution is 2.31. The van der Waals surface area contributed by atoms with Gasteiger partial charge in [-0.15, -0.1) is 0 Å². The van der Waals surface area contributed by atoms with Crippen LogP contribution in [0.3, 0.4) is 0 Å². The van der Waals surface area contributed by atoms with Crippen LogP contribution < -0.4 is 0 Å². The van der Waals surface area contributed by atoms with Crippen LogP contribution in [0.2, 0.25) is 0 Å². The molecule has 1 fully saturated rings. The van der Waals surface area contributed by atoms with Crippen LogP contribution in [0.5, 0.6) is 0 Å². The van der Waals surface area contributed by atoms with Gasteiger partial charge in [0.2, 0.25) is 0 Å². The number of likely N-dealkylation sites (tertiary alicyclic amines) is 1. The van der Waals surface area contributed by atoms with Crippen molar-refractivity contribution >= 4 is 15.9 Å². The molecule has 0 saturated carbocycles. The minimum absolute atomic E-state index is 0.640. The van der Waals surface area contributed by atoms with Gasteiger partial charge in [0.25, 0.3) is 0 Å². The van der Waals surface area contributed by atoms with E-state index in [2.05, 4.69) is 52.0 Å². The molecule has 0 aromatic heterocycles. The molecule has 15 heavy (non-hydrogen) atoms. The quantitative estimate of drug-likeness (QED) is 0.783. The number of benzene rings is 1. The predicted molar refractivity (Wildman–Crippen MR) is 68.0 cm³/mol. The van der Waals surface area contributed by atoms with Crippen molar-refractivity contribution in [3.05, 3.63) is 34.3 Å². The Labute approximate surface area is 101 Å². The summed E-state index contributed by atoms with van der Waals surface area (Å²) in [5.74, 6) is 0. The molecule has 1 saturated heterocycles. The van der Waals surface area contributed by atoms with E-state index >= 15 is 0 Å². The molecule has 1 atom stereocenters. The zero-order valence-electron chi connectivity index (χ0n) is 9.25. The smallest absolute Gasteiger partial charge is 0.0348 e. The van der Waals surface area contributed by atoms with E-state index in [1.807, 2.05) is 0 Å². The lowest BCUT2D eigenvalue weighted by Gasteiger charge is -2.35. The molecule has 2 rings (SSSR count). The van der Waals surface area contributed by atoms with Crippen LogP contribution in [-0.4, -0.2) is 18.0 Å². The topological polar surface area (TPSA) is 3.24 Å². The van der Waals surface area contributed by atoms with Crippen molar-refractivity contribution in [2.24, 2.45) is 0 Å². The molecule has 1 nitrogen and oxygen atoms in total. The molecule has 2 heteroatoms. The summed E-state index contributed by atoms with van der Waals surface area (Å²) in [6.07, 6.45) is 4.04. The van der Waals surface area contributed by atoms with Crippen molar-refractivity contribution in [3.8, 4) is 0 Å². The highest BCUT2D eigenvalue weighted by Gasteiger charge is 2.22. The van der Waals surface area contributed by atoms with E-state index in [0.717, 1.165) is 6.54 Å². The third-order valence-electron chi connectivity index (χ3n) is 3.25. The first-order valence-electron chi connectivity index (χ1n) is 5.81. The molecule has 0 amide bonds. The number of halogens is 1. The average Bonchev–Trinajstić information content (AvgIpc) is 2.29. The number of piperidine rings is 1. The normalized spacial score (nSPS) is 22.9. The van der Waals surface area contributed by atoms with Gasteiger partial charge in [-0.1, -0.05) is 41.4 Å². The molecule has 0 spiro atoms. The van der Waals surface area contributed by atoms with Crippen LogP contribution in [0, 0.1) is 0 Å². The van der Waals surface area contributed by atoms with Gasteiger partial charge in [0, 0.05) is 10.5 Å². The molecule has 0 radical (unpaired) electrons. The first-order chi connectivity index (χ1) is 7.31. The molecule has 1 aromatic rings. The number of hydrogen-bond acceptors (Lipinski definition) is 1. The lowest BCUT2D eigenvalue weighted by atomic mass is 9.95. The van der Waals surface area contributed by atoms with Crippen molar-refractivity contribution in [2.45, 2.75) is 32.2 Å². The summed E-state index contributed by atoms with van der Waals surface area (Å²) in [5, 5.41) is 0. The molecule has 82 valence electrons. The maximum atomic E-state index is 3.55. The van der Waals surface area contributed by atoms with E-state index in [4.69, 9.17) is 0 Å². The molecule has 1 aromatic carbocycles. The first kappa shape index (κ1) is 11.2. The fourth-order valence-electron chi connectivity index (χ4n) is 2.46. The van der Waals surface area contributed by atoms with Crippen LogP contribution >= 0.6 is 15.9 Å². The highest BCUT2D eigenvalue weighted by molar-refractivity contribution is 9.10. The second kappa shape index (κ2) is 5.13. The van der Waals surface area contributed by atoms with Crippen molar-refractivity contribution in [1.29, 1.82) is 0 Å². The molecule has 1 heterocycles. The van der Waals surface area contributed by atoms with Crippen LogP contribution in [-0.2, 0) is 0 Å². The first-order valence-corrected chi connectivity index (χ1v) is 6.60. The summed E-state index contributed by atoms with van der Waals surface area (Å²) < 4.78 is 1.20. The Morgan fingerprint density at radius 1 is 1.40 bits per heavy atom. The molecule has 0 N–H and O–H groups in total. The lowest BCUT2D eigenvalue weighted by Crippen LogP contribution is -2.33. The van der Waals surface area contributed by atoms with Crippen LogP contribution in [0.15, 0.2) is 28.7 Å². The molecule has 0 aliphatic carbocycles. The largest absolute Gasteiger partial charge is 0.297 e. The van der Waals surface area contributed by atoms with Crippen molar-refractivity contribution in [3.63, 3.8) is 0 Å².